The van der Waals surface area contributed by atoms with Gasteiger partial charge in [-0.3, -0.25) is 10.1 Å². The maximum absolute atomic E-state index is 12.4. The quantitative estimate of drug-likeness (QED) is 0.905. The van der Waals surface area contributed by atoms with Crippen LogP contribution in [0.4, 0.5) is 0 Å². The van der Waals surface area contributed by atoms with Crippen molar-refractivity contribution in [2.24, 2.45) is 0 Å². The molecular formula is C14H17ClN2O2S. The normalized spacial score (nSPS) is 26.8. The molecular weight excluding hydrogens is 296 g/mol. The maximum Gasteiger partial charge on any atom is 0.240 e. The molecule has 1 N–H and O–H groups in total. The topological polar surface area (TPSA) is 41.6 Å². The van der Waals surface area contributed by atoms with E-state index in [2.05, 4.69) is 5.32 Å². The highest BCUT2D eigenvalue weighted by Crippen LogP contribution is 2.24. The van der Waals surface area contributed by atoms with Crippen LogP contribution in [-0.4, -0.2) is 48.2 Å². The zero-order chi connectivity index (χ0) is 13.9. The summed E-state index contributed by atoms with van der Waals surface area (Å²) < 4.78 is 5.78. The maximum atomic E-state index is 12.4. The van der Waals surface area contributed by atoms with E-state index in [-0.39, 0.29) is 18.1 Å². The number of benzene rings is 1. The molecule has 0 saturated carbocycles. The van der Waals surface area contributed by atoms with E-state index in [4.69, 9.17) is 16.3 Å². The van der Waals surface area contributed by atoms with Crippen LogP contribution < -0.4 is 5.32 Å². The fourth-order valence-corrected chi connectivity index (χ4v) is 3.56. The molecule has 2 aliphatic rings. The molecule has 2 heterocycles. The van der Waals surface area contributed by atoms with Crippen molar-refractivity contribution >= 4 is 29.3 Å². The molecule has 0 radical (unpaired) electrons. The Labute approximate surface area is 127 Å². The molecule has 1 aromatic rings. The Balaban J connectivity index is 1.66. The van der Waals surface area contributed by atoms with Crippen molar-refractivity contribution in [1.82, 2.24) is 10.2 Å². The summed E-state index contributed by atoms with van der Waals surface area (Å²) in [5.74, 6) is 1.92. The fourth-order valence-electron chi connectivity index (χ4n) is 2.50. The molecule has 2 aliphatic heterocycles. The summed E-state index contributed by atoms with van der Waals surface area (Å²) in [7, 11) is 0. The van der Waals surface area contributed by atoms with Crippen molar-refractivity contribution < 1.29 is 9.53 Å². The standard InChI is InChI=1S/C14H17ClN2O2S/c15-11-3-1-10(2-4-11)13-7-17(5-6-19-13)14(18)12-8-20-9-16-12/h1-4,12-13,16H,5-9H2. The lowest BCUT2D eigenvalue weighted by Gasteiger charge is -2.34. The number of carbonyl (C=O) groups excluding carboxylic acids is 1. The molecule has 1 aromatic carbocycles. The third-order valence-electron chi connectivity index (χ3n) is 3.63. The first kappa shape index (κ1) is 14.2. The predicted molar refractivity (Wildman–Crippen MR) is 81.0 cm³/mol. The highest BCUT2D eigenvalue weighted by atomic mass is 35.5. The van der Waals surface area contributed by atoms with Gasteiger partial charge in [0.1, 0.15) is 6.10 Å². The van der Waals surface area contributed by atoms with Gasteiger partial charge in [-0.15, -0.1) is 11.8 Å². The average molecular weight is 313 g/mol. The largest absolute Gasteiger partial charge is 0.370 e. The Morgan fingerprint density at radius 2 is 2.20 bits per heavy atom. The molecule has 6 heteroatoms. The number of rotatable bonds is 2. The van der Waals surface area contributed by atoms with Crippen molar-refractivity contribution in [3.05, 3.63) is 34.9 Å². The molecule has 0 aliphatic carbocycles. The van der Waals surface area contributed by atoms with Gasteiger partial charge in [-0.1, -0.05) is 23.7 Å². The number of amides is 1. The zero-order valence-electron chi connectivity index (χ0n) is 11.0. The van der Waals surface area contributed by atoms with Gasteiger partial charge >= 0.3 is 0 Å². The summed E-state index contributed by atoms with van der Waals surface area (Å²) in [6.45, 7) is 1.87. The van der Waals surface area contributed by atoms with E-state index < -0.39 is 0 Å². The Morgan fingerprint density at radius 1 is 1.40 bits per heavy atom. The molecule has 0 aromatic heterocycles. The van der Waals surface area contributed by atoms with Crippen molar-refractivity contribution in [2.45, 2.75) is 12.1 Å². The SMILES string of the molecule is O=C(C1CSCN1)N1CCOC(c2ccc(Cl)cc2)C1. The van der Waals surface area contributed by atoms with Crippen molar-refractivity contribution in [3.63, 3.8) is 0 Å². The van der Waals surface area contributed by atoms with Gasteiger partial charge in [0.25, 0.3) is 0 Å². The fraction of sp³-hybridized carbons (Fsp3) is 0.500. The number of nitrogens with zero attached hydrogens (tertiary/aromatic N) is 1. The first-order chi connectivity index (χ1) is 9.74. The molecule has 1 amide bonds. The average Bonchev–Trinajstić information content (AvgIpc) is 3.01. The zero-order valence-corrected chi connectivity index (χ0v) is 12.6. The highest BCUT2D eigenvalue weighted by Gasteiger charge is 2.31. The molecule has 4 nitrogen and oxygen atoms in total. The lowest BCUT2D eigenvalue weighted by molar-refractivity contribution is -0.140. The van der Waals surface area contributed by atoms with Crippen molar-refractivity contribution in [2.75, 3.05) is 31.3 Å². The minimum atomic E-state index is -0.0565. The highest BCUT2D eigenvalue weighted by molar-refractivity contribution is 7.99. The first-order valence-electron chi connectivity index (χ1n) is 6.71. The van der Waals surface area contributed by atoms with E-state index in [1.165, 1.54) is 0 Å². The number of hydrogen-bond donors (Lipinski definition) is 1. The lowest BCUT2D eigenvalue weighted by Crippen LogP contribution is -2.50. The Morgan fingerprint density at radius 3 is 2.90 bits per heavy atom. The minimum Gasteiger partial charge on any atom is -0.370 e. The van der Waals surface area contributed by atoms with E-state index in [1.54, 1.807) is 11.8 Å². The summed E-state index contributed by atoms with van der Waals surface area (Å²) in [6.07, 6.45) is -0.0565. The molecule has 0 bridgehead atoms. The van der Waals surface area contributed by atoms with Crippen LogP contribution in [0.5, 0.6) is 0 Å². The second-order valence-corrected chi connectivity index (χ2v) is 6.43. The molecule has 3 rings (SSSR count). The van der Waals surface area contributed by atoms with Crippen LogP contribution in [-0.2, 0) is 9.53 Å². The Kier molecular flexibility index (Phi) is 4.51. The Hall–Kier alpha value is -0.750. The van der Waals surface area contributed by atoms with Gasteiger partial charge in [-0.2, -0.15) is 0 Å². The monoisotopic (exact) mass is 312 g/mol. The van der Waals surface area contributed by atoms with Crippen LogP contribution >= 0.6 is 23.4 Å². The molecule has 2 atom stereocenters. The van der Waals surface area contributed by atoms with Crippen molar-refractivity contribution in [3.8, 4) is 0 Å². The van der Waals surface area contributed by atoms with Crippen LogP contribution in [0.3, 0.4) is 0 Å². The lowest BCUT2D eigenvalue weighted by atomic mass is 10.1. The molecule has 20 heavy (non-hydrogen) atoms. The van der Waals surface area contributed by atoms with E-state index >= 15 is 0 Å². The van der Waals surface area contributed by atoms with E-state index in [1.807, 2.05) is 29.2 Å². The second kappa shape index (κ2) is 6.35. The van der Waals surface area contributed by atoms with Crippen LogP contribution in [0.15, 0.2) is 24.3 Å². The van der Waals surface area contributed by atoms with Crippen LogP contribution in [0.2, 0.25) is 5.02 Å². The second-order valence-electron chi connectivity index (χ2n) is 4.97. The molecule has 2 unspecified atom stereocenters. The number of halogens is 1. The van der Waals surface area contributed by atoms with Crippen LogP contribution in [0.1, 0.15) is 11.7 Å². The number of ether oxygens (including phenoxy) is 1. The number of hydrogen-bond acceptors (Lipinski definition) is 4. The van der Waals surface area contributed by atoms with E-state index in [0.717, 1.165) is 17.2 Å². The summed E-state index contributed by atoms with van der Waals surface area (Å²) in [6, 6.07) is 7.60. The third-order valence-corrected chi connectivity index (χ3v) is 4.83. The van der Waals surface area contributed by atoms with Gasteiger partial charge in [-0.25, -0.2) is 0 Å². The van der Waals surface area contributed by atoms with Crippen LogP contribution in [0.25, 0.3) is 0 Å². The van der Waals surface area contributed by atoms with Gasteiger partial charge in [0.15, 0.2) is 0 Å². The number of nitrogens with one attached hydrogen (secondary N) is 1. The first-order valence-corrected chi connectivity index (χ1v) is 8.24. The number of carbonyl (C=O) groups is 1. The summed E-state index contributed by atoms with van der Waals surface area (Å²) in [5.41, 5.74) is 1.07. The smallest absolute Gasteiger partial charge is 0.240 e. The minimum absolute atomic E-state index is 0.0380. The third kappa shape index (κ3) is 3.11. The predicted octanol–water partition coefficient (Wildman–Crippen LogP) is 1.90. The van der Waals surface area contributed by atoms with E-state index in [9.17, 15) is 4.79 Å². The summed E-state index contributed by atoms with van der Waals surface area (Å²) in [4.78, 5) is 14.3. The van der Waals surface area contributed by atoms with Gasteiger partial charge in [0, 0.05) is 23.2 Å². The van der Waals surface area contributed by atoms with Gasteiger partial charge < -0.3 is 9.64 Å². The molecule has 2 saturated heterocycles. The summed E-state index contributed by atoms with van der Waals surface area (Å²) >= 11 is 7.67. The van der Waals surface area contributed by atoms with Crippen molar-refractivity contribution in [1.29, 1.82) is 0 Å². The summed E-state index contributed by atoms with van der Waals surface area (Å²) in [5, 5.41) is 3.94. The Bertz CT molecular complexity index is 477. The number of thioether (sulfide) groups is 1. The van der Waals surface area contributed by atoms with Gasteiger partial charge in [0.2, 0.25) is 5.91 Å². The molecule has 2 fully saturated rings. The number of morpholine rings is 1. The molecule has 0 spiro atoms. The van der Waals surface area contributed by atoms with Crippen LogP contribution in [0, 0.1) is 0 Å². The van der Waals surface area contributed by atoms with Gasteiger partial charge in [-0.05, 0) is 17.7 Å². The molecule has 108 valence electrons. The van der Waals surface area contributed by atoms with Gasteiger partial charge in [0.05, 0.1) is 19.2 Å². The van der Waals surface area contributed by atoms with E-state index in [0.29, 0.717) is 24.7 Å².